The van der Waals surface area contributed by atoms with Crippen molar-refractivity contribution in [3.05, 3.63) is 57.8 Å². The van der Waals surface area contributed by atoms with Gasteiger partial charge in [-0.15, -0.1) is 0 Å². The van der Waals surface area contributed by atoms with E-state index in [1.807, 2.05) is 6.92 Å². The van der Waals surface area contributed by atoms with Crippen LogP contribution in [-0.2, 0) is 6.18 Å². The molecule has 1 aromatic heterocycles. The SMILES string of the molecule is Cc1ccc(C(=O)Nc2cncc(C(F)(F)F)c2)cc1Br. The Morgan fingerprint density at radius 1 is 1.24 bits per heavy atom. The van der Waals surface area contributed by atoms with E-state index in [2.05, 4.69) is 26.2 Å². The molecule has 0 unspecified atom stereocenters. The van der Waals surface area contributed by atoms with E-state index in [9.17, 15) is 18.0 Å². The molecule has 2 rings (SSSR count). The highest BCUT2D eigenvalue weighted by atomic mass is 79.9. The van der Waals surface area contributed by atoms with Gasteiger partial charge < -0.3 is 5.32 Å². The van der Waals surface area contributed by atoms with Gasteiger partial charge in [0.15, 0.2) is 0 Å². The topological polar surface area (TPSA) is 42.0 Å². The zero-order chi connectivity index (χ0) is 15.6. The molecule has 0 saturated heterocycles. The van der Waals surface area contributed by atoms with Crippen molar-refractivity contribution >= 4 is 27.5 Å². The summed E-state index contributed by atoms with van der Waals surface area (Å²) in [6.45, 7) is 1.86. The minimum Gasteiger partial charge on any atom is -0.321 e. The van der Waals surface area contributed by atoms with Gasteiger partial charge in [0.05, 0.1) is 17.4 Å². The molecule has 0 atom stereocenters. The van der Waals surface area contributed by atoms with Crippen LogP contribution in [0.15, 0.2) is 41.1 Å². The lowest BCUT2D eigenvalue weighted by Gasteiger charge is -2.09. The highest BCUT2D eigenvalue weighted by Crippen LogP contribution is 2.30. The van der Waals surface area contributed by atoms with Crippen molar-refractivity contribution in [2.24, 2.45) is 0 Å². The molecule has 0 spiro atoms. The number of amides is 1. The maximum Gasteiger partial charge on any atom is 0.417 e. The van der Waals surface area contributed by atoms with Crippen molar-refractivity contribution in [3.63, 3.8) is 0 Å². The predicted molar refractivity (Wildman–Crippen MR) is 76.1 cm³/mol. The average Bonchev–Trinajstić information content (AvgIpc) is 2.41. The van der Waals surface area contributed by atoms with Crippen LogP contribution in [0.2, 0.25) is 0 Å². The molecule has 1 N–H and O–H groups in total. The summed E-state index contributed by atoms with van der Waals surface area (Å²) in [4.78, 5) is 15.5. The van der Waals surface area contributed by atoms with Crippen LogP contribution in [0.4, 0.5) is 18.9 Å². The molecule has 2 aromatic rings. The quantitative estimate of drug-likeness (QED) is 0.862. The molecule has 0 aliphatic carbocycles. The zero-order valence-electron chi connectivity index (χ0n) is 10.8. The molecule has 110 valence electrons. The number of nitrogens with zero attached hydrogens (tertiary/aromatic N) is 1. The summed E-state index contributed by atoms with van der Waals surface area (Å²) in [6, 6.07) is 5.78. The van der Waals surface area contributed by atoms with Crippen molar-refractivity contribution in [2.75, 3.05) is 5.32 Å². The highest BCUT2D eigenvalue weighted by molar-refractivity contribution is 9.10. The fourth-order valence-corrected chi connectivity index (χ4v) is 1.98. The van der Waals surface area contributed by atoms with E-state index in [0.717, 1.165) is 22.3 Å². The van der Waals surface area contributed by atoms with Crippen LogP contribution in [0, 0.1) is 6.92 Å². The number of benzene rings is 1. The fourth-order valence-electron chi connectivity index (χ4n) is 1.60. The first-order valence-electron chi connectivity index (χ1n) is 5.87. The summed E-state index contributed by atoms with van der Waals surface area (Å²) < 4.78 is 38.4. The van der Waals surface area contributed by atoms with Gasteiger partial charge in [0.1, 0.15) is 0 Å². The number of hydrogen-bond acceptors (Lipinski definition) is 2. The van der Waals surface area contributed by atoms with Crippen molar-refractivity contribution in [2.45, 2.75) is 13.1 Å². The Kier molecular flexibility index (Phi) is 4.32. The zero-order valence-corrected chi connectivity index (χ0v) is 12.4. The fraction of sp³-hybridized carbons (Fsp3) is 0.143. The van der Waals surface area contributed by atoms with Gasteiger partial charge in [0.25, 0.3) is 5.91 Å². The minimum atomic E-state index is -4.50. The Hall–Kier alpha value is -1.89. The van der Waals surface area contributed by atoms with Crippen LogP contribution in [0.1, 0.15) is 21.5 Å². The molecule has 1 amide bonds. The first-order valence-corrected chi connectivity index (χ1v) is 6.66. The van der Waals surface area contributed by atoms with Crippen molar-refractivity contribution in [1.29, 1.82) is 0 Å². The normalized spacial score (nSPS) is 11.3. The molecule has 1 aromatic carbocycles. The van der Waals surface area contributed by atoms with Gasteiger partial charge in [-0.3, -0.25) is 9.78 Å². The molecule has 0 radical (unpaired) electrons. The molecule has 0 fully saturated rings. The van der Waals surface area contributed by atoms with Crippen molar-refractivity contribution in [3.8, 4) is 0 Å². The summed E-state index contributed by atoms with van der Waals surface area (Å²) in [7, 11) is 0. The summed E-state index contributed by atoms with van der Waals surface area (Å²) in [6.07, 6.45) is -2.63. The third kappa shape index (κ3) is 3.81. The molecule has 3 nitrogen and oxygen atoms in total. The molecule has 0 bridgehead atoms. The molecule has 7 heteroatoms. The van der Waals surface area contributed by atoms with E-state index >= 15 is 0 Å². The molecule has 0 aliphatic heterocycles. The van der Waals surface area contributed by atoms with Gasteiger partial charge in [-0.2, -0.15) is 13.2 Å². The molecular formula is C14H10BrF3N2O. The Morgan fingerprint density at radius 2 is 1.95 bits per heavy atom. The standard InChI is InChI=1S/C14H10BrF3N2O/c1-8-2-3-9(4-12(8)15)13(21)20-11-5-10(6-19-7-11)14(16,17)18/h2-7H,1H3,(H,20,21). The lowest BCUT2D eigenvalue weighted by atomic mass is 10.1. The number of carbonyl (C=O) groups is 1. The highest BCUT2D eigenvalue weighted by Gasteiger charge is 2.31. The number of aryl methyl sites for hydroxylation is 1. The average molecular weight is 359 g/mol. The van der Waals surface area contributed by atoms with Gasteiger partial charge in [0, 0.05) is 16.2 Å². The third-order valence-corrected chi connectivity index (χ3v) is 3.61. The van der Waals surface area contributed by atoms with Crippen molar-refractivity contribution < 1.29 is 18.0 Å². The summed E-state index contributed by atoms with van der Waals surface area (Å²) in [5.74, 6) is -0.503. The number of hydrogen-bond donors (Lipinski definition) is 1. The molecule has 21 heavy (non-hydrogen) atoms. The van der Waals surface area contributed by atoms with Gasteiger partial charge in [-0.1, -0.05) is 22.0 Å². The largest absolute Gasteiger partial charge is 0.417 e. The van der Waals surface area contributed by atoms with E-state index < -0.39 is 17.6 Å². The van der Waals surface area contributed by atoms with E-state index in [1.165, 1.54) is 0 Å². The van der Waals surface area contributed by atoms with Crippen LogP contribution < -0.4 is 5.32 Å². The molecule has 0 saturated carbocycles. The third-order valence-electron chi connectivity index (χ3n) is 2.76. The summed E-state index contributed by atoms with van der Waals surface area (Å²) in [5.41, 5.74) is 0.370. The van der Waals surface area contributed by atoms with E-state index in [1.54, 1.807) is 18.2 Å². The van der Waals surface area contributed by atoms with Gasteiger partial charge in [-0.05, 0) is 30.7 Å². The summed E-state index contributed by atoms with van der Waals surface area (Å²) >= 11 is 3.30. The van der Waals surface area contributed by atoms with Crippen LogP contribution in [0.3, 0.4) is 0 Å². The molecular weight excluding hydrogens is 349 g/mol. The lowest BCUT2D eigenvalue weighted by Crippen LogP contribution is -2.13. The second-order valence-electron chi connectivity index (χ2n) is 4.38. The number of rotatable bonds is 2. The van der Waals surface area contributed by atoms with E-state index in [0.29, 0.717) is 11.8 Å². The number of anilines is 1. The number of halogens is 4. The lowest BCUT2D eigenvalue weighted by molar-refractivity contribution is -0.137. The maximum atomic E-state index is 12.6. The minimum absolute atomic E-state index is 0.00785. The first kappa shape index (κ1) is 15.5. The Labute approximate surface area is 127 Å². The number of carbonyl (C=O) groups excluding carboxylic acids is 1. The number of pyridine rings is 1. The van der Waals surface area contributed by atoms with E-state index in [-0.39, 0.29) is 5.69 Å². The van der Waals surface area contributed by atoms with Gasteiger partial charge >= 0.3 is 6.18 Å². The van der Waals surface area contributed by atoms with Crippen LogP contribution in [0.25, 0.3) is 0 Å². The van der Waals surface area contributed by atoms with Gasteiger partial charge in [0.2, 0.25) is 0 Å². The van der Waals surface area contributed by atoms with Crippen molar-refractivity contribution in [1.82, 2.24) is 4.98 Å². The van der Waals surface area contributed by atoms with Crippen LogP contribution in [0.5, 0.6) is 0 Å². The second-order valence-corrected chi connectivity index (χ2v) is 5.23. The van der Waals surface area contributed by atoms with Gasteiger partial charge in [-0.25, -0.2) is 0 Å². The molecule has 1 heterocycles. The number of nitrogens with one attached hydrogen (secondary N) is 1. The maximum absolute atomic E-state index is 12.6. The summed E-state index contributed by atoms with van der Waals surface area (Å²) in [5, 5.41) is 2.40. The Bertz CT molecular complexity index is 686. The second kappa shape index (κ2) is 5.85. The van der Waals surface area contributed by atoms with E-state index in [4.69, 9.17) is 0 Å². The molecule has 0 aliphatic rings. The Morgan fingerprint density at radius 3 is 2.57 bits per heavy atom. The Balaban J connectivity index is 2.21. The monoisotopic (exact) mass is 358 g/mol. The predicted octanol–water partition coefficient (Wildman–Crippen LogP) is 4.42. The smallest absolute Gasteiger partial charge is 0.321 e. The van der Waals surface area contributed by atoms with Crippen LogP contribution >= 0.6 is 15.9 Å². The number of aromatic nitrogens is 1. The van der Waals surface area contributed by atoms with Crippen LogP contribution in [-0.4, -0.2) is 10.9 Å². The first-order chi connectivity index (χ1) is 9.77. The number of alkyl halides is 3.